The summed E-state index contributed by atoms with van der Waals surface area (Å²) in [6.45, 7) is 5.31. The summed E-state index contributed by atoms with van der Waals surface area (Å²) < 4.78 is 10.9. The van der Waals surface area contributed by atoms with Crippen LogP contribution in [0.15, 0.2) is 21.7 Å². The molecule has 0 radical (unpaired) electrons. The Morgan fingerprint density at radius 1 is 1.44 bits per heavy atom. The number of rotatable bonds is 5. The number of amides is 1. The quantitative estimate of drug-likeness (QED) is 0.858. The third-order valence-electron chi connectivity index (χ3n) is 4.46. The van der Waals surface area contributed by atoms with Crippen molar-refractivity contribution in [2.75, 3.05) is 19.7 Å². The van der Waals surface area contributed by atoms with E-state index in [0.717, 1.165) is 17.0 Å². The standard InChI is InChI=1S/C17H22N4O4/c1-11-15(12(2)25-20-11)8-17(23)21-5-6-24-14(9-21)4-3-13-7-16(22)19-10-18-13/h7,10,14H,3-6,8-9H2,1-2H3,(H,18,19,22)/t14-/m0/s1. The fraction of sp³-hybridized carbons (Fsp3) is 0.529. The second-order valence-electron chi connectivity index (χ2n) is 6.25. The Hall–Kier alpha value is -2.48. The van der Waals surface area contributed by atoms with Crippen LogP contribution in [0.3, 0.4) is 0 Å². The van der Waals surface area contributed by atoms with E-state index in [-0.39, 0.29) is 17.6 Å². The maximum atomic E-state index is 12.6. The van der Waals surface area contributed by atoms with Crippen LogP contribution in [0.1, 0.15) is 29.1 Å². The van der Waals surface area contributed by atoms with Gasteiger partial charge in [0.1, 0.15) is 5.76 Å². The fourth-order valence-electron chi connectivity index (χ4n) is 2.99. The van der Waals surface area contributed by atoms with Crippen LogP contribution in [0.4, 0.5) is 0 Å². The fourth-order valence-corrected chi connectivity index (χ4v) is 2.99. The van der Waals surface area contributed by atoms with Gasteiger partial charge in [-0.05, 0) is 26.7 Å². The molecule has 1 saturated heterocycles. The maximum Gasteiger partial charge on any atom is 0.250 e. The molecule has 0 bridgehead atoms. The average molecular weight is 346 g/mol. The molecule has 0 unspecified atom stereocenters. The van der Waals surface area contributed by atoms with Gasteiger partial charge >= 0.3 is 0 Å². The number of nitrogens with one attached hydrogen (secondary N) is 1. The molecule has 0 aliphatic carbocycles. The number of carbonyl (C=O) groups excluding carboxylic acids is 1. The third-order valence-corrected chi connectivity index (χ3v) is 4.46. The van der Waals surface area contributed by atoms with Gasteiger partial charge in [0.2, 0.25) is 5.91 Å². The van der Waals surface area contributed by atoms with Gasteiger partial charge in [-0.3, -0.25) is 9.59 Å². The number of H-pyrrole nitrogens is 1. The second-order valence-corrected chi connectivity index (χ2v) is 6.25. The lowest BCUT2D eigenvalue weighted by Gasteiger charge is -2.33. The minimum atomic E-state index is -0.161. The van der Waals surface area contributed by atoms with Crippen LogP contribution >= 0.6 is 0 Å². The Labute approximate surface area is 145 Å². The molecular formula is C17H22N4O4. The van der Waals surface area contributed by atoms with E-state index in [2.05, 4.69) is 15.1 Å². The average Bonchev–Trinajstić information content (AvgIpc) is 2.92. The van der Waals surface area contributed by atoms with Crippen LogP contribution in [0.5, 0.6) is 0 Å². The molecule has 8 nitrogen and oxygen atoms in total. The van der Waals surface area contributed by atoms with Gasteiger partial charge < -0.3 is 19.1 Å². The Balaban J connectivity index is 1.55. The normalized spacial score (nSPS) is 17.7. The first-order valence-corrected chi connectivity index (χ1v) is 8.37. The highest BCUT2D eigenvalue weighted by molar-refractivity contribution is 5.79. The molecule has 0 spiro atoms. The van der Waals surface area contributed by atoms with E-state index in [4.69, 9.17) is 9.26 Å². The van der Waals surface area contributed by atoms with Crippen molar-refractivity contribution >= 4 is 5.91 Å². The molecule has 1 atom stereocenters. The number of aromatic amines is 1. The number of ether oxygens (including phenoxy) is 1. The van der Waals surface area contributed by atoms with E-state index in [0.29, 0.717) is 44.7 Å². The Morgan fingerprint density at radius 2 is 2.28 bits per heavy atom. The highest BCUT2D eigenvalue weighted by Gasteiger charge is 2.25. The number of carbonyl (C=O) groups is 1. The van der Waals surface area contributed by atoms with Gasteiger partial charge in [0, 0.05) is 30.4 Å². The van der Waals surface area contributed by atoms with Gasteiger partial charge in [0.05, 0.1) is 31.2 Å². The zero-order valence-electron chi connectivity index (χ0n) is 14.4. The topological polar surface area (TPSA) is 101 Å². The van der Waals surface area contributed by atoms with E-state index in [1.807, 2.05) is 18.7 Å². The zero-order chi connectivity index (χ0) is 17.8. The summed E-state index contributed by atoms with van der Waals surface area (Å²) in [4.78, 5) is 32.3. The van der Waals surface area contributed by atoms with Gasteiger partial charge in [-0.1, -0.05) is 5.16 Å². The molecule has 3 rings (SSSR count). The summed E-state index contributed by atoms with van der Waals surface area (Å²) in [7, 11) is 0. The van der Waals surface area contributed by atoms with E-state index in [9.17, 15) is 9.59 Å². The molecule has 1 N–H and O–H groups in total. The van der Waals surface area contributed by atoms with Crippen molar-refractivity contribution in [2.45, 2.75) is 39.2 Å². The molecule has 3 heterocycles. The van der Waals surface area contributed by atoms with E-state index >= 15 is 0 Å². The van der Waals surface area contributed by atoms with Crippen molar-refractivity contribution in [3.63, 3.8) is 0 Å². The van der Waals surface area contributed by atoms with Crippen molar-refractivity contribution in [1.82, 2.24) is 20.0 Å². The Bertz CT molecular complexity index is 778. The van der Waals surface area contributed by atoms with E-state index in [1.165, 1.54) is 12.4 Å². The van der Waals surface area contributed by atoms with Crippen LogP contribution in [0.2, 0.25) is 0 Å². The molecule has 134 valence electrons. The lowest BCUT2D eigenvalue weighted by atomic mass is 10.1. The van der Waals surface area contributed by atoms with Crippen molar-refractivity contribution in [3.8, 4) is 0 Å². The summed E-state index contributed by atoms with van der Waals surface area (Å²) in [5.74, 6) is 0.744. The van der Waals surface area contributed by atoms with Crippen molar-refractivity contribution < 1.29 is 14.1 Å². The van der Waals surface area contributed by atoms with E-state index in [1.54, 1.807) is 0 Å². The number of aryl methyl sites for hydroxylation is 3. The molecule has 2 aromatic heterocycles. The van der Waals surface area contributed by atoms with Crippen LogP contribution in [0.25, 0.3) is 0 Å². The molecule has 1 aliphatic heterocycles. The van der Waals surface area contributed by atoms with Gasteiger partial charge in [-0.25, -0.2) is 4.98 Å². The monoisotopic (exact) mass is 346 g/mol. The van der Waals surface area contributed by atoms with Crippen LogP contribution in [0, 0.1) is 13.8 Å². The molecule has 0 saturated carbocycles. The molecule has 8 heteroatoms. The first-order chi connectivity index (χ1) is 12.0. The van der Waals surface area contributed by atoms with Gasteiger partial charge in [-0.15, -0.1) is 0 Å². The summed E-state index contributed by atoms with van der Waals surface area (Å²) in [6.07, 6.45) is 3.00. The SMILES string of the molecule is Cc1noc(C)c1CC(=O)N1CCO[C@@H](CCc2cc(=O)[nH]cn2)C1. The van der Waals surface area contributed by atoms with Crippen LogP contribution in [-0.4, -0.2) is 51.7 Å². The number of nitrogens with zero attached hydrogens (tertiary/aromatic N) is 3. The van der Waals surface area contributed by atoms with E-state index < -0.39 is 0 Å². The number of aromatic nitrogens is 3. The predicted molar refractivity (Wildman–Crippen MR) is 89.2 cm³/mol. The minimum Gasteiger partial charge on any atom is -0.375 e. The number of hydrogen-bond donors (Lipinski definition) is 1. The van der Waals surface area contributed by atoms with Crippen LogP contribution < -0.4 is 5.56 Å². The van der Waals surface area contributed by atoms with Crippen molar-refractivity contribution in [1.29, 1.82) is 0 Å². The lowest BCUT2D eigenvalue weighted by molar-refractivity contribution is -0.138. The Kier molecular flexibility index (Phi) is 5.28. The van der Waals surface area contributed by atoms with Crippen LogP contribution in [-0.2, 0) is 22.4 Å². The molecule has 25 heavy (non-hydrogen) atoms. The summed E-state index contributed by atoms with van der Waals surface area (Å²) in [5, 5.41) is 3.89. The maximum absolute atomic E-state index is 12.6. The second kappa shape index (κ2) is 7.60. The Morgan fingerprint density at radius 3 is 3.00 bits per heavy atom. The molecule has 1 amide bonds. The highest BCUT2D eigenvalue weighted by atomic mass is 16.5. The lowest BCUT2D eigenvalue weighted by Crippen LogP contribution is -2.46. The third kappa shape index (κ3) is 4.33. The number of hydrogen-bond acceptors (Lipinski definition) is 6. The number of morpholine rings is 1. The first-order valence-electron chi connectivity index (χ1n) is 8.37. The first kappa shape index (κ1) is 17.3. The summed E-state index contributed by atoms with van der Waals surface area (Å²) >= 11 is 0. The summed E-state index contributed by atoms with van der Waals surface area (Å²) in [6, 6.07) is 1.49. The van der Waals surface area contributed by atoms with Gasteiger partial charge in [-0.2, -0.15) is 0 Å². The zero-order valence-corrected chi connectivity index (χ0v) is 14.4. The highest BCUT2D eigenvalue weighted by Crippen LogP contribution is 2.16. The molecule has 2 aromatic rings. The molecule has 1 aliphatic rings. The van der Waals surface area contributed by atoms with Crippen molar-refractivity contribution in [2.24, 2.45) is 0 Å². The van der Waals surface area contributed by atoms with Gasteiger partial charge in [0.15, 0.2) is 0 Å². The predicted octanol–water partition coefficient (Wildman–Crippen LogP) is 0.777. The minimum absolute atomic E-state index is 0.0524. The molecular weight excluding hydrogens is 324 g/mol. The smallest absolute Gasteiger partial charge is 0.250 e. The van der Waals surface area contributed by atoms with Gasteiger partial charge in [0.25, 0.3) is 5.56 Å². The molecule has 0 aromatic carbocycles. The molecule has 1 fully saturated rings. The largest absolute Gasteiger partial charge is 0.375 e. The summed E-state index contributed by atoms with van der Waals surface area (Å²) in [5.41, 5.74) is 2.19. The van der Waals surface area contributed by atoms with Crippen molar-refractivity contribution in [3.05, 3.63) is 45.5 Å².